The Kier molecular flexibility index (Phi) is 3.30. The fourth-order valence-electron chi connectivity index (χ4n) is 1.81. The molecule has 1 heterocycles. The second kappa shape index (κ2) is 4.64. The molecule has 0 aromatic heterocycles. The van der Waals surface area contributed by atoms with E-state index in [4.69, 9.17) is 4.74 Å². The molecule has 7 heteroatoms. The van der Waals surface area contributed by atoms with E-state index in [1.807, 2.05) is 0 Å². The van der Waals surface area contributed by atoms with Crippen molar-refractivity contribution in [1.82, 2.24) is 0 Å². The molecule has 0 spiro atoms. The van der Waals surface area contributed by atoms with E-state index >= 15 is 0 Å². The smallest absolute Gasteiger partial charge is 0.449 e. The highest BCUT2D eigenvalue weighted by molar-refractivity contribution is 5.73. The molecule has 0 saturated carbocycles. The lowest BCUT2D eigenvalue weighted by Gasteiger charge is -2.30. The molecule has 1 aliphatic heterocycles. The van der Waals surface area contributed by atoms with Gasteiger partial charge in [0.05, 0.1) is 12.3 Å². The van der Waals surface area contributed by atoms with E-state index in [0.717, 1.165) is 0 Å². The van der Waals surface area contributed by atoms with Gasteiger partial charge in [0.25, 0.3) is 5.72 Å². The van der Waals surface area contributed by atoms with E-state index in [0.29, 0.717) is 0 Å². The van der Waals surface area contributed by atoms with Crippen LogP contribution in [0.15, 0.2) is 24.3 Å². The van der Waals surface area contributed by atoms with E-state index in [1.54, 1.807) is 12.1 Å². The summed E-state index contributed by atoms with van der Waals surface area (Å²) in [7, 11) is 0. The average Bonchev–Trinajstić information content (AvgIpc) is 2.67. The summed E-state index contributed by atoms with van der Waals surface area (Å²) >= 11 is 0. The number of fused-ring (bicyclic) bond motifs is 1. The Hall–Kier alpha value is -1.92. The fraction of sp³-hybridized carbons (Fsp3) is 0.417. The standard InChI is InChI=1S/C12H12F3NO3/c1-2-18-10(17)7-11(12(13,14)15)16-8-5-3-4-6-9(8)19-11/h3-6,16H,2,7H2,1H3. The van der Waals surface area contributed by atoms with Crippen LogP contribution < -0.4 is 10.1 Å². The number of nitrogens with one attached hydrogen (secondary N) is 1. The first-order chi connectivity index (χ1) is 8.88. The van der Waals surface area contributed by atoms with E-state index in [2.05, 4.69) is 10.1 Å². The van der Waals surface area contributed by atoms with Crippen molar-refractivity contribution in [3.8, 4) is 5.75 Å². The summed E-state index contributed by atoms with van der Waals surface area (Å²) in [5, 5.41) is 2.23. The van der Waals surface area contributed by atoms with Crippen molar-refractivity contribution < 1.29 is 27.4 Å². The van der Waals surface area contributed by atoms with Crippen LogP contribution in [-0.4, -0.2) is 24.5 Å². The predicted octanol–water partition coefficient (Wildman–Crippen LogP) is 2.70. The summed E-state index contributed by atoms with van der Waals surface area (Å²) in [6.07, 6.45) is -5.70. The van der Waals surface area contributed by atoms with Gasteiger partial charge >= 0.3 is 12.1 Å². The molecule has 1 aromatic rings. The molecule has 1 aliphatic rings. The minimum atomic E-state index is -4.75. The summed E-state index contributed by atoms with van der Waals surface area (Å²) in [5.41, 5.74) is -2.56. The second-order valence-electron chi connectivity index (χ2n) is 4.03. The van der Waals surface area contributed by atoms with Gasteiger partial charge in [-0.2, -0.15) is 13.2 Å². The largest absolute Gasteiger partial charge is 0.466 e. The molecule has 1 N–H and O–H groups in total. The Bertz CT molecular complexity index is 462. The molecule has 0 aliphatic carbocycles. The van der Waals surface area contributed by atoms with Gasteiger partial charge in [0.2, 0.25) is 0 Å². The van der Waals surface area contributed by atoms with Crippen molar-refractivity contribution in [2.45, 2.75) is 25.2 Å². The lowest BCUT2D eigenvalue weighted by molar-refractivity contribution is -0.237. The first-order valence-corrected chi connectivity index (χ1v) is 5.66. The fourth-order valence-corrected chi connectivity index (χ4v) is 1.81. The third-order valence-corrected chi connectivity index (χ3v) is 2.66. The van der Waals surface area contributed by atoms with Crippen LogP contribution in [0.2, 0.25) is 0 Å². The topological polar surface area (TPSA) is 47.6 Å². The molecular weight excluding hydrogens is 263 g/mol. The highest BCUT2D eigenvalue weighted by Gasteiger charge is 2.62. The Morgan fingerprint density at radius 3 is 2.68 bits per heavy atom. The van der Waals surface area contributed by atoms with E-state index < -0.39 is 24.3 Å². The van der Waals surface area contributed by atoms with Crippen molar-refractivity contribution in [2.24, 2.45) is 0 Å². The van der Waals surface area contributed by atoms with Crippen LogP contribution in [0.4, 0.5) is 18.9 Å². The zero-order valence-corrected chi connectivity index (χ0v) is 10.1. The van der Waals surface area contributed by atoms with E-state index in [9.17, 15) is 18.0 Å². The van der Waals surface area contributed by atoms with E-state index in [-0.39, 0.29) is 18.0 Å². The third kappa shape index (κ3) is 2.45. The molecular formula is C12H12F3NO3. The number of alkyl halides is 3. The van der Waals surface area contributed by atoms with Gasteiger partial charge < -0.3 is 14.8 Å². The molecule has 0 amide bonds. The molecule has 0 radical (unpaired) electrons. The molecule has 1 atom stereocenters. The molecule has 4 nitrogen and oxygen atoms in total. The van der Waals surface area contributed by atoms with Crippen LogP contribution in [0.25, 0.3) is 0 Å². The molecule has 104 valence electrons. The zero-order chi connectivity index (χ0) is 14.1. The number of ether oxygens (including phenoxy) is 2. The van der Waals surface area contributed by atoms with Crippen LogP contribution in [0.3, 0.4) is 0 Å². The Labute approximate surface area is 107 Å². The molecule has 19 heavy (non-hydrogen) atoms. The van der Waals surface area contributed by atoms with Gasteiger partial charge in [-0.3, -0.25) is 4.79 Å². The minimum absolute atomic E-state index is 0.0136. The summed E-state index contributed by atoms with van der Waals surface area (Å²) in [6.45, 7) is 1.54. The van der Waals surface area contributed by atoms with Gasteiger partial charge in [0.1, 0.15) is 12.2 Å². The number of carbonyl (C=O) groups excluding carboxylic acids is 1. The number of carbonyl (C=O) groups is 1. The minimum Gasteiger partial charge on any atom is -0.466 e. The SMILES string of the molecule is CCOC(=O)CC1(C(F)(F)F)Nc2ccccc2O1. The maximum Gasteiger partial charge on any atom is 0.449 e. The van der Waals surface area contributed by atoms with Crippen LogP contribution in [0.1, 0.15) is 13.3 Å². The van der Waals surface area contributed by atoms with Crippen molar-refractivity contribution >= 4 is 11.7 Å². The number of hydrogen-bond donors (Lipinski definition) is 1. The van der Waals surface area contributed by atoms with Gasteiger partial charge in [-0.1, -0.05) is 12.1 Å². The quantitative estimate of drug-likeness (QED) is 0.862. The zero-order valence-electron chi connectivity index (χ0n) is 10.1. The number of benzene rings is 1. The number of esters is 1. The molecule has 1 aromatic carbocycles. The maximum atomic E-state index is 13.2. The first-order valence-electron chi connectivity index (χ1n) is 5.66. The third-order valence-electron chi connectivity index (χ3n) is 2.66. The van der Waals surface area contributed by atoms with Crippen LogP contribution >= 0.6 is 0 Å². The lowest BCUT2D eigenvalue weighted by atomic mass is 10.1. The maximum absolute atomic E-state index is 13.2. The Balaban J connectivity index is 2.28. The van der Waals surface area contributed by atoms with Gasteiger partial charge in [0, 0.05) is 0 Å². The number of anilines is 1. The van der Waals surface area contributed by atoms with Gasteiger partial charge in [-0.25, -0.2) is 0 Å². The van der Waals surface area contributed by atoms with Crippen LogP contribution in [0.5, 0.6) is 5.75 Å². The van der Waals surface area contributed by atoms with Gasteiger partial charge in [0.15, 0.2) is 0 Å². The Morgan fingerprint density at radius 2 is 2.11 bits per heavy atom. The van der Waals surface area contributed by atoms with Crippen LogP contribution in [0, 0.1) is 0 Å². The van der Waals surface area contributed by atoms with Gasteiger partial charge in [-0.15, -0.1) is 0 Å². The predicted molar refractivity (Wildman–Crippen MR) is 60.7 cm³/mol. The molecule has 0 bridgehead atoms. The summed E-state index contributed by atoms with van der Waals surface area (Å²) < 4.78 is 49.1. The number of halogens is 3. The number of para-hydroxylation sites is 2. The van der Waals surface area contributed by atoms with Gasteiger partial charge in [-0.05, 0) is 19.1 Å². The molecule has 0 fully saturated rings. The summed E-state index contributed by atoms with van der Waals surface area (Å²) in [4.78, 5) is 11.4. The monoisotopic (exact) mass is 275 g/mol. The summed E-state index contributed by atoms with van der Waals surface area (Å²) in [5.74, 6) is -0.913. The van der Waals surface area contributed by atoms with Crippen molar-refractivity contribution in [2.75, 3.05) is 11.9 Å². The molecule has 1 unspecified atom stereocenters. The number of hydrogen-bond acceptors (Lipinski definition) is 4. The molecule has 2 rings (SSSR count). The summed E-state index contributed by atoms with van der Waals surface area (Å²) in [6, 6.07) is 5.98. The van der Waals surface area contributed by atoms with Crippen molar-refractivity contribution in [3.05, 3.63) is 24.3 Å². The first kappa shape index (κ1) is 13.5. The normalized spacial score (nSPS) is 21.3. The highest BCUT2D eigenvalue weighted by atomic mass is 19.4. The van der Waals surface area contributed by atoms with Crippen molar-refractivity contribution in [1.29, 1.82) is 0 Å². The Morgan fingerprint density at radius 1 is 1.42 bits per heavy atom. The lowest BCUT2D eigenvalue weighted by Crippen LogP contribution is -2.55. The average molecular weight is 275 g/mol. The van der Waals surface area contributed by atoms with E-state index in [1.165, 1.54) is 19.1 Å². The highest BCUT2D eigenvalue weighted by Crippen LogP contribution is 2.46. The van der Waals surface area contributed by atoms with Crippen LogP contribution in [-0.2, 0) is 9.53 Å². The second-order valence-corrected chi connectivity index (χ2v) is 4.03. The molecule has 0 saturated heterocycles. The number of rotatable bonds is 3. The van der Waals surface area contributed by atoms with Crippen molar-refractivity contribution in [3.63, 3.8) is 0 Å².